The van der Waals surface area contributed by atoms with Gasteiger partial charge in [0.2, 0.25) is 0 Å². The maximum Gasteiger partial charge on any atom is 0.141 e. The lowest BCUT2D eigenvalue weighted by atomic mass is 10.3. The third-order valence-corrected chi connectivity index (χ3v) is 3.88. The molecule has 2 rings (SSSR count). The van der Waals surface area contributed by atoms with Crippen molar-refractivity contribution in [3.8, 4) is 0 Å². The maximum atomic E-state index is 13.3. The second-order valence-electron chi connectivity index (χ2n) is 3.65. The molecule has 1 aliphatic carbocycles. The Bertz CT molecular complexity index is 376. The molecule has 76 valence electrons. The minimum Gasteiger partial charge on any atom is -0.399 e. The summed E-state index contributed by atoms with van der Waals surface area (Å²) in [6.45, 7) is 0. The molecule has 1 fully saturated rings. The number of anilines is 1. The topological polar surface area (TPSA) is 43.1 Å². The van der Waals surface area contributed by atoms with Gasteiger partial charge in [-0.25, -0.2) is 4.39 Å². The Balaban J connectivity index is 2.17. The molecule has 1 atom stereocenters. The van der Waals surface area contributed by atoms with Gasteiger partial charge in [-0.3, -0.25) is 4.21 Å². The minimum atomic E-state index is -1.20. The molecule has 2 N–H and O–H groups in total. The van der Waals surface area contributed by atoms with Crippen LogP contribution in [0.2, 0.25) is 0 Å². The fourth-order valence-corrected chi connectivity index (χ4v) is 2.73. The normalized spacial score (nSPS) is 18.1. The molecule has 0 spiro atoms. The van der Waals surface area contributed by atoms with Crippen LogP contribution in [-0.4, -0.2) is 9.96 Å². The summed E-state index contributed by atoms with van der Waals surface area (Å²) in [7, 11) is -1.20. The third kappa shape index (κ3) is 2.12. The van der Waals surface area contributed by atoms with Crippen LogP contribution in [0.5, 0.6) is 0 Å². The maximum absolute atomic E-state index is 13.3. The Kier molecular flexibility index (Phi) is 2.54. The summed E-state index contributed by atoms with van der Waals surface area (Å²) < 4.78 is 25.0. The number of hydrogen-bond acceptors (Lipinski definition) is 2. The van der Waals surface area contributed by atoms with Crippen molar-refractivity contribution in [1.82, 2.24) is 0 Å². The zero-order chi connectivity index (χ0) is 10.1. The average Bonchev–Trinajstić information content (AvgIpc) is 2.87. The molecule has 0 heterocycles. The third-order valence-electron chi connectivity index (χ3n) is 2.29. The van der Waals surface area contributed by atoms with E-state index in [4.69, 9.17) is 5.73 Å². The molecule has 1 unspecified atom stereocenters. The molecule has 0 saturated heterocycles. The molecule has 1 aromatic carbocycles. The highest BCUT2D eigenvalue weighted by atomic mass is 32.2. The van der Waals surface area contributed by atoms with Crippen LogP contribution in [0.25, 0.3) is 0 Å². The number of halogens is 1. The first-order valence-corrected chi connectivity index (χ1v) is 5.92. The molecule has 1 aromatic rings. The molecule has 0 aromatic heterocycles. The second-order valence-corrected chi connectivity index (χ2v) is 5.11. The number of rotatable bonds is 3. The number of nitrogen functional groups attached to an aromatic ring is 1. The Labute approximate surface area is 84.8 Å². The minimum absolute atomic E-state index is 0.283. The first-order valence-electron chi connectivity index (χ1n) is 4.60. The summed E-state index contributed by atoms with van der Waals surface area (Å²) in [6, 6.07) is 4.33. The van der Waals surface area contributed by atoms with Gasteiger partial charge < -0.3 is 5.73 Å². The second kappa shape index (κ2) is 3.69. The van der Waals surface area contributed by atoms with Gasteiger partial charge in [-0.2, -0.15) is 0 Å². The van der Waals surface area contributed by atoms with E-state index in [1.54, 1.807) is 6.07 Å². The van der Waals surface area contributed by atoms with E-state index < -0.39 is 16.6 Å². The monoisotopic (exact) mass is 213 g/mol. The molecule has 0 bridgehead atoms. The Morgan fingerprint density at radius 1 is 1.50 bits per heavy atom. The van der Waals surface area contributed by atoms with Crippen LogP contribution in [0.1, 0.15) is 12.8 Å². The largest absolute Gasteiger partial charge is 0.399 e. The average molecular weight is 213 g/mol. The van der Waals surface area contributed by atoms with Crippen molar-refractivity contribution in [2.75, 3.05) is 11.5 Å². The first kappa shape index (κ1) is 9.65. The molecule has 0 amide bonds. The van der Waals surface area contributed by atoms with Crippen LogP contribution in [-0.2, 0) is 10.8 Å². The van der Waals surface area contributed by atoms with E-state index in [2.05, 4.69) is 0 Å². The van der Waals surface area contributed by atoms with Crippen molar-refractivity contribution in [2.45, 2.75) is 17.7 Å². The van der Waals surface area contributed by atoms with E-state index in [-0.39, 0.29) is 4.90 Å². The van der Waals surface area contributed by atoms with E-state index in [1.807, 2.05) is 0 Å². The molecule has 0 radical (unpaired) electrons. The lowest BCUT2D eigenvalue weighted by Crippen LogP contribution is -2.02. The molecular formula is C10H12FNOS. The zero-order valence-electron chi connectivity index (χ0n) is 7.70. The first-order chi connectivity index (χ1) is 6.66. The summed E-state index contributed by atoms with van der Waals surface area (Å²) in [5.74, 6) is 0.665. The number of benzene rings is 1. The Morgan fingerprint density at radius 3 is 2.79 bits per heavy atom. The molecule has 1 aliphatic rings. The van der Waals surface area contributed by atoms with Gasteiger partial charge in [0.25, 0.3) is 0 Å². The van der Waals surface area contributed by atoms with E-state index in [0.29, 0.717) is 17.4 Å². The van der Waals surface area contributed by atoms with Gasteiger partial charge in [0.15, 0.2) is 0 Å². The highest BCUT2D eigenvalue weighted by Gasteiger charge is 2.25. The zero-order valence-corrected chi connectivity index (χ0v) is 8.52. The molecule has 2 nitrogen and oxygen atoms in total. The summed E-state index contributed by atoms with van der Waals surface area (Å²) in [5.41, 5.74) is 5.77. The van der Waals surface area contributed by atoms with Crippen molar-refractivity contribution < 1.29 is 8.60 Å². The fraction of sp³-hybridized carbons (Fsp3) is 0.400. The molecule has 0 aliphatic heterocycles. The molecule has 1 saturated carbocycles. The molecular weight excluding hydrogens is 201 g/mol. The van der Waals surface area contributed by atoms with Crippen LogP contribution < -0.4 is 5.73 Å². The van der Waals surface area contributed by atoms with Gasteiger partial charge in [0.05, 0.1) is 15.7 Å². The van der Waals surface area contributed by atoms with Crippen molar-refractivity contribution in [3.05, 3.63) is 24.0 Å². The van der Waals surface area contributed by atoms with Crippen LogP contribution in [0, 0.1) is 11.7 Å². The molecule has 4 heteroatoms. The lowest BCUT2D eigenvalue weighted by molar-refractivity contribution is 0.595. The molecule has 14 heavy (non-hydrogen) atoms. The Morgan fingerprint density at radius 2 is 2.21 bits per heavy atom. The van der Waals surface area contributed by atoms with E-state index in [1.165, 1.54) is 12.1 Å². The highest BCUT2D eigenvalue weighted by molar-refractivity contribution is 7.85. The van der Waals surface area contributed by atoms with Gasteiger partial charge in [0, 0.05) is 11.4 Å². The van der Waals surface area contributed by atoms with Crippen LogP contribution in [0.3, 0.4) is 0 Å². The number of hydrogen-bond donors (Lipinski definition) is 1. The number of nitrogens with two attached hydrogens (primary N) is 1. The van der Waals surface area contributed by atoms with Gasteiger partial charge in [-0.15, -0.1) is 0 Å². The van der Waals surface area contributed by atoms with E-state index >= 15 is 0 Å². The predicted octanol–water partition coefficient (Wildman–Crippen LogP) is 1.93. The summed E-state index contributed by atoms with van der Waals surface area (Å²) in [6.07, 6.45) is 2.25. The fourth-order valence-electron chi connectivity index (χ4n) is 1.29. The van der Waals surface area contributed by atoms with Crippen LogP contribution >= 0.6 is 0 Å². The van der Waals surface area contributed by atoms with E-state index in [9.17, 15) is 8.60 Å². The summed E-state index contributed by atoms with van der Waals surface area (Å²) in [4.78, 5) is 0.283. The van der Waals surface area contributed by atoms with Crippen molar-refractivity contribution in [3.63, 3.8) is 0 Å². The standard InChI is InChI=1S/C10H12FNOS/c11-9-5-8(12)3-4-10(9)14(13)6-7-1-2-7/h3-5,7H,1-2,6,12H2. The summed E-state index contributed by atoms with van der Waals surface area (Å²) >= 11 is 0. The summed E-state index contributed by atoms with van der Waals surface area (Å²) in [5, 5.41) is 0. The van der Waals surface area contributed by atoms with Gasteiger partial charge in [0.1, 0.15) is 5.82 Å². The highest BCUT2D eigenvalue weighted by Crippen LogP contribution is 2.31. The van der Waals surface area contributed by atoms with Crippen molar-refractivity contribution in [1.29, 1.82) is 0 Å². The van der Waals surface area contributed by atoms with Gasteiger partial charge >= 0.3 is 0 Å². The quantitative estimate of drug-likeness (QED) is 0.779. The van der Waals surface area contributed by atoms with Gasteiger partial charge in [-0.1, -0.05) is 0 Å². The van der Waals surface area contributed by atoms with Gasteiger partial charge in [-0.05, 0) is 37.0 Å². The smallest absolute Gasteiger partial charge is 0.141 e. The predicted molar refractivity (Wildman–Crippen MR) is 54.8 cm³/mol. The van der Waals surface area contributed by atoms with Crippen LogP contribution in [0.15, 0.2) is 23.1 Å². The van der Waals surface area contributed by atoms with E-state index in [0.717, 1.165) is 12.8 Å². The SMILES string of the molecule is Nc1ccc(S(=O)CC2CC2)c(F)c1. The lowest BCUT2D eigenvalue weighted by Gasteiger charge is -2.03. The Hall–Kier alpha value is -0.900. The van der Waals surface area contributed by atoms with Crippen LogP contribution in [0.4, 0.5) is 10.1 Å². The van der Waals surface area contributed by atoms with Crippen molar-refractivity contribution in [2.24, 2.45) is 5.92 Å². The van der Waals surface area contributed by atoms with Crippen molar-refractivity contribution >= 4 is 16.5 Å².